The monoisotopic (exact) mass is 346 g/mol. The summed E-state index contributed by atoms with van der Waals surface area (Å²) in [5.41, 5.74) is 0.196. The fraction of sp³-hybridized carbons (Fsp3) is 0.810. The van der Waals surface area contributed by atoms with E-state index in [1.807, 2.05) is 6.08 Å². The van der Waals surface area contributed by atoms with Crippen LogP contribution in [0.1, 0.15) is 65.2 Å². The standard InChI is InChI=1S/C21H30O4/c1-19-9-6-14(22)12-13(19)4-5-15-16(19)7-10-20(2)17(15)8-11-21(20,25-3)18(23)24/h12,15-17H,4-11H2,1-3H3,(H,23,24)/t15-,16-,17+,19+,20+,21?/m1/s1. The van der Waals surface area contributed by atoms with Gasteiger partial charge in [-0.05, 0) is 74.2 Å². The van der Waals surface area contributed by atoms with Crippen LogP contribution in [-0.4, -0.2) is 29.6 Å². The van der Waals surface area contributed by atoms with E-state index in [4.69, 9.17) is 4.74 Å². The van der Waals surface area contributed by atoms with E-state index >= 15 is 0 Å². The predicted octanol–water partition coefficient (Wildman–Crippen LogP) is 3.99. The van der Waals surface area contributed by atoms with Gasteiger partial charge in [0.05, 0.1) is 0 Å². The third-order valence-corrected chi connectivity index (χ3v) is 8.78. The Bertz CT molecular complexity index is 652. The van der Waals surface area contributed by atoms with Crippen LogP contribution in [0.2, 0.25) is 0 Å². The summed E-state index contributed by atoms with van der Waals surface area (Å²) in [6.45, 7) is 4.52. The molecule has 6 atom stereocenters. The van der Waals surface area contributed by atoms with Gasteiger partial charge in [0.1, 0.15) is 0 Å². The first-order valence-electron chi connectivity index (χ1n) is 9.81. The minimum Gasteiger partial charge on any atom is -0.479 e. The van der Waals surface area contributed by atoms with E-state index in [1.165, 1.54) is 5.57 Å². The first-order valence-corrected chi connectivity index (χ1v) is 9.81. The number of ketones is 1. The maximum absolute atomic E-state index is 12.1. The number of hydrogen-bond acceptors (Lipinski definition) is 3. The molecule has 3 fully saturated rings. The Hall–Kier alpha value is -1.16. The van der Waals surface area contributed by atoms with Crippen LogP contribution < -0.4 is 0 Å². The Morgan fingerprint density at radius 3 is 2.52 bits per heavy atom. The van der Waals surface area contributed by atoms with Crippen LogP contribution in [0.3, 0.4) is 0 Å². The zero-order chi connectivity index (χ0) is 18.0. The molecule has 4 aliphatic rings. The fourth-order valence-corrected chi connectivity index (χ4v) is 7.33. The number of rotatable bonds is 2. The molecule has 0 aromatic carbocycles. The van der Waals surface area contributed by atoms with Crippen molar-refractivity contribution in [1.29, 1.82) is 0 Å². The highest BCUT2D eigenvalue weighted by molar-refractivity contribution is 5.91. The zero-order valence-electron chi connectivity index (χ0n) is 15.6. The van der Waals surface area contributed by atoms with Crippen molar-refractivity contribution in [3.63, 3.8) is 0 Å². The summed E-state index contributed by atoms with van der Waals surface area (Å²) in [4.78, 5) is 24.0. The molecule has 4 heteroatoms. The van der Waals surface area contributed by atoms with Gasteiger partial charge in [0, 0.05) is 18.9 Å². The Morgan fingerprint density at radius 1 is 1.12 bits per heavy atom. The average molecular weight is 346 g/mol. The SMILES string of the molecule is COC1(C(=O)O)CC[C@H]2[C@@H]3CCC4=CC(=O)CC[C@]4(C)[C@@H]3CC[C@@]21C. The lowest BCUT2D eigenvalue weighted by molar-refractivity contribution is -0.188. The molecule has 3 saturated carbocycles. The molecule has 0 heterocycles. The van der Waals surface area contributed by atoms with Gasteiger partial charge in [-0.2, -0.15) is 0 Å². The van der Waals surface area contributed by atoms with Gasteiger partial charge in [0.15, 0.2) is 11.4 Å². The van der Waals surface area contributed by atoms with Gasteiger partial charge in [-0.3, -0.25) is 4.79 Å². The number of carbonyl (C=O) groups excluding carboxylic acids is 1. The van der Waals surface area contributed by atoms with Crippen molar-refractivity contribution in [3.8, 4) is 0 Å². The van der Waals surface area contributed by atoms with Crippen molar-refractivity contribution in [3.05, 3.63) is 11.6 Å². The lowest BCUT2D eigenvalue weighted by Gasteiger charge is -2.58. The predicted molar refractivity (Wildman–Crippen MR) is 94.1 cm³/mol. The normalized spacial score (nSPS) is 49.0. The quantitative estimate of drug-likeness (QED) is 0.821. The second-order valence-corrected chi connectivity index (χ2v) is 9.30. The lowest BCUT2D eigenvalue weighted by Crippen LogP contribution is -2.58. The van der Waals surface area contributed by atoms with Crippen molar-refractivity contribution in [2.45, 2.75) is 70.8 Å². The highest BCUT2D eigenvalue weighted by Crippen LogP contribution is 2.68. The van der Waals surface area contributed by atoms with Crippen LogP contribution in [0, 0.1) is 28.6 Å². The third-order valence-electron chi connectivity index (χ3n) is 8.78. The molecule has 0 saturated heterocycles. The van der Waals surface area contributed by atoms with Crippen LogP contribution in [-0.2, 0) is 14.3 Å². The number of hydrogen-bond donors (Lipinski definition) is 1. The summed E-state index contributed by atoms with van der Waals surface area (Å²) in [7, 11) is 1.57. The Labute approximate surface area is 150 Å². The number of allylic oxidation sites excluding steroid dienone is 1. The van der Waals surface area contributed by atoms with Gasteiger partial charge in [-0.25, -0.2) is 4.79 Å². The number of ether oxygens (including phenoxy) is 1. The molecule has 0 aliphatic heterocycles. The van der Waals surface area contributed by atoms with Crippen LogP contribution in [0.15, 0.2) is 11.6 Å². The van der Waals surface area contributed by atoms with Crippen molar-refractivity contribution in [2.24, 2.45) is 28.6 Å². The molecule has 25 heavy (non-hydrogen) atoms. The van der Waals surface area contributed by atoms with Gasteiger partial charge < -0.3 is 9.84 Å². The van der Waals surface area contributed by atoms with Gasteiger partial charge >= 0.3 is 5.97 Å². The average Bonchev–Trinajstić information content (AvgIpc) is 2.89. The van der Waals surface area contributed by atoms with Gasteiger partial charge in [0.2, 0.25) is 0 Å². The van der Waals surface area contributed by atoms with Gasteiger partial charge in [-0.15, -0.1) is 0 Å². The molecule has 138 valence electrons. The summed E-state index contributed by atoms with van der Waals surface area (Å²) in [5.74, 6) is 1.06. The number of fused-ring (bicyclic) bond motifs is 5. The van der Waals surface area contributed by atoms with E-state index in [1.54, 1.807) is 7.11 Å². The number of methoxy groups -OCH3 is 1. The van der Waals surface area contributed by atoms with E-state index in [-0.39, 0.29) is 16.6 Å². The molecule has 0 radical (unpaired) electrons. The van der Waals surface area contributed by atoms with E-state index in [0.717, 1.165) is 38.5 Å². The van der Waals surface area contributed by atoms with Crippen molar-refractivity contribution >= 4 is 11.8 Å². The Morgan fingerprint density at radius 2 is 1.84 bits per heavy atom. The number of aliphatic carboxylic acids is 1. The third kappa shape index (κ3) is 2.03. The Kier molecular flexibility index (Phi) is 3.74. The highest BCUT2D eigenvalue weighted by Gasteiger charge is 2.67. The first kappa shape index (κ1) is 17.3. The molecular formula is C21H30O4. The molecule has 1 unspecified atom stereocenters. The molecule has 0 bridgehead atoms. The van der Waals surface area contributed by atoms with E-state index in [0.29, 0.717) is 30.6 Å². The molecule has 4 nitrogen and oxygen atoms in total. The van der Waals surface area contributed by atoms with Crippen LogP contribution in [0.5, 0.6) is 0 Å². The Balaban J connectivity index is 1.70. The largest absolute Gasteiger partial charge is 0.479 e. The second kappa shape index (κ2) is 5.42. The molecule has 0 aromatic heterocycles. The second-order valence-electron chi connectivity index (χ2n) is 9.30. The smallest absolute Gasteiger partial charge is 0.336 e. The number of carboxylic acids is 1. The van der Waals surface area contributed by atoms with Gasteiger partial charge in [0.25, 0.3) is 0 Å². The lowest BCUT2D eigenvalue weighted by atomic mass is 9.46. The number of carboxylic acid groups (broad SMARTS) is 1. The molecule has 4 aliphatic carbocycles. The molecule has 1 N–H and O–H groups in total. The minimum absolute atomic E-state index is 0.139. The summed E-state index contributed by atoms with van der Waals surface area (Å²) in [5, 5.41) is 9.96. The van der Waals surface area contributed by atoms with Crippen LogP contribution in [0.25, 0.3) is 0 Å². The van der Waals surface area contributed by atoms with Crippen molar-refractivity contribution < 1.29 is 19.4 Å². The fourth-order valence-electron chi connectivity index (χ4n) is 7.33. The summed E-state index contributed by atoms with van der Waals surface area (Å²) in [6, 6.07) is 0. The number of carbonyl (C=O) groups is 2. The molecular weight excluding hydrogens is 316 g/mol. The molecule has 0 aromatic rings. The van der Waals surface area contributed by atoms with Crippen LogP contribution >= 0.6 is 0 Å². The van der Waals surface area contributed by atoms with E-state index in [9.17, 15) is 14.7 Å². The molecule has 0 spiro atoms. The van der Waals surface area contributed by atoms with Crippen LogP contribution in [0.4, 0.5) is 0 Å². The minimum atomic E-state index is -1.03. The molecule has 4 rings (SSSR count). The van der Waals surface area contributed by atoms with Crippen molar-refractivity contribution in [2.75, 3.05) is 7.11 Å². The van der Waals surface area contributed by atoms with Crippen molar-refractivity contribution in [1.82, 2.24) is 0 Å². The molecule has 0 amide bonds. The highest BCUT2D eigenvalue weighted by atomic mass is 16.5. The summed E-state index contributed by atoms with van der Waals surface area (Å²) < 4.78 is 5.70. The van der Waals surface area contributed by atoms with E-state index in [2.05, 4.69) is 13.8 Å². The summed E-state index contributed by atoms with van der Waals surface area (Å²) in [6.07, 6.45) is 9.21. The summed E-state index contributed by atoms with van der Waals surface area (Å²) >= 11 is 0. The maximum atomic E-state index is 12.1. The zero-order valence-corrected chi connectivity index (χ0v) is 15.6. The van der Waals surface area contributed by atoms with E-state index < -0.39 is 11.6 Å². The maximum Gasteiger partial charge on any atom is 0.336 e. The topological polar surface area (TPSA) is 63.6 Å². The van der Waals surface area contributed by atoms with Gasteiger partial charge in [-0.1, -0.05) is 19.4 Å². The first-order chi connectivity index (χ1) is 11.8.